The summed E-state index contributed by atoms with van der Waals surface area (Å²) in [5.41, 5.74) is 1.10. The van der Waals surface area contributed by atoms with Crippen molar-refractivity contribution in [1.29, 1.82) is 0 Å². The van der Waals surface area contributed by atoms with Crippen molar-refractivity contribution in [3.05, 3.63) is 40.6 Å². The van der Waals surface area contributed by atoms with Gasteiger partial charge in [0.2, 0.25) is 0 Å². The number of pyridine rings is 1. The first-order valence-corrected chi connectivity index (χ1v) is 6.64. The SMILES string of the molecule is CC(C)NCc1ncn(Cc2cncc(Br)c2)n1. The maximum absolute atomic E-state index is 4.41. The molecule has 0 fully saturated rings. The van der Waals surface area contributed by atoms with E-state index >= 15 is 0 Å². The summed E-state index contributed by atoms with van der Waals surface area (Å²) < 4.78 is 2.79. The van der Waals surface area contributed by atoms with E-state index in [1.165, 1.54) is 0 Å². The Bertz CT molecular complexity index is 509. The van der Waals surface area contributed by atoms with Gasteiger partial charge >= 0.3 is 0 Å². The quantitative estimate of drug-likeness (QED) is 0.917. The largest absolute Gasteiger partial charge is 0.308 e. The predicted octanol–water partition coefficient (Wildman–Crippen LogP) is 1.98. The van der Waals surface area contributed by atoms with Crippen molar-refractivity contribution in [3.63, 3.8) is 0 Å². The van der Waals surface area contributed by atoms with Gasteiger partial charge in [0.1, 0.15) is 6.33 Å². The van der Waals surface area contributed by atoms with E-state index in [-0.39, 0.29) is 0 Å². The van der Waals surface area contributed by atoms with E-state index in [9.17, 15) is 0 Å². The lowest BCUT2D eigenvalue weighted by atomic mass is 10.3. The van der Waals surface area contributed by atoms with Gasteiger partial charge in [-0.3, -0.25) is 4.98 Å². The fourth-order valence-electron chi connectivity index (χ4n) is 1.52. The van der Waals surface area contributed by atoms with Crippen LogP contribution in [0.25, 0.3) is 0 Å². The highest BCUT2D eigenvalue weighted by molar-refractivity contribution is 9.10. The first-order chi connectivity index (χ1) is 8.63. The van der Waals surface area contributed by atoms with E-state index in [0.717, 1.165) is 15.9 Å². The molecule has 5 nitrogen and oxygen atoms in total. The lowest BCUT2D eigenvalue weighted by Crippen LogP contribution is -2.22. The highest BCUT2D eigenvalue weighted by atomic mass is 79.9. The van der Waals surface area contributed by atoms with Crippen molar-refractivity contribution < 1.29 is 0 Å². The molecule has 0 radical (unpaired) electrons. The number of rotatable bonds is 5. The topological polar surface area (TPSA) is 55.6 Å². The molecule has 0 aliphatic carbocycles. The second-order valence-corrected chi connectivity index (χ2v) is 5.32. The molecule has 0 aliphatic rings. The summed E-state index contributed by atoms with van der Waals surface area (Å²) in [6.07, 6.45) is 5.35. The van der Waals surface area contributed by atoms with Crippen molar-refractivity contribution in [3.8, 4) is 0 Å². The monoisotopic (exact) mass is 309 g/mol. The molecule has 0 saturated carbocycles. The maximum atomic E-state index is 4.41. The fraction of sp³-hybridized carbons (Fsp3) is 0.417. The molecule has 0 aromatic carbocycles. The Kier molecular flexibility index (Phi) is 4.43. The Morgan fingerprint density at radius 1 is 1.39 bits per heavy atom. The zero-order chi connectivity index (χ0) is 13.0. The van der Waals surface area contributed by atoms with Crippen LogP contribution in [0.2, 0.25) is 0 Å². The average molecular weight is 310 g/mol. The number of aromatic nitrogens is 4. The van der Waals surface area contributed by atoms with Crippen LogP contribution in [-0.2, 0) is 13.1 Å². The van der Waals surface area contributed by atoms with Crippen molar-refractivity contribution in [2.24, 2.45) is 0 Å². The summed E-state index contributed by atoms with van der Waals surface area (Å²) in [4.78, 5) is 8.39. The Hall–Kier alpha value is -1.27. The highest BCUT2D eigenvalue weighted by Gasteiger charge is 2.03. The molecule has 0 spiro atoms. The van der Waals surface area contributed by atoms with Crippen LogP contribution in [0.1, 0.15) is 25.2 Å². The average Bonchev–Trinajstić information content (AvgIpc) is 2.74. The van der Waals surface area contributed by atoms with Crippen LogP contribution in [0, 0.1) is 0 Å². The van der Waals surface area contributed by atoms with Crippen molar-refractivity contribution in [2.75, 3.05) is 0 Å². The van der Waals surface area contributed by atoms with Gasteiger partial charge in [0.05, 0.1) is 13.1 Å². The molecule has 0 atom stereocenters. The molecule has 2 aromatic heterocycles. The molecule has 0 saturated heterocycles. The van der Waals surface area contributed by atoms with Gasteiger partial charge in [0, 0.05) is 22.9 Å². The lowest BCUT2D eigenvalue weighted by Gasteiger charge is -2.04. The summed E-state index contributed by atoms with van der Waals surface area (Å²) in [6.45, 7) is 5.58. The molecule has 0 aliphatic heterocycles. The number of halogens is 1. The fourth-order valence-corrected chi connectivity index (χ4v) is 1.93. The Labute approximate surface area is 115 Å². The maximum Gasteiger partial charge on any atom is 0.164 e. The smallest absolute Gasteiger partial charge is 0.164 e. The molecular weight excluding hydrogens is 294 g/mol. The lowest BCUT2D eigenvalue weighted by molar-refractivity contribution is 0.565. The standard InChI is InChI=1S/C12H16BrN5/c1-9(2)15-6-12-16-8-18(17-12)7-10-3-11(13)5-14-4-10/h3-5,8-9,15H,6-7H2,1-2H3. The van der Waals surface area contributed by atoms with E-state index in [1.807, 2.05) is 16.9 Å². The third-order valence-corrected chi connectivity index (χ3v) is 2.79. The van der Waals surface area contributed by atoms with E-state index in [0.29, 0.717) is 19.1 Å². The van der Waals surface area contributed by atoms with Crippen LogP contribution in [0.5, 0.6) is 0 Å². The van der Waals surface area contributed by atoms with E-state index in [4.69, 9.17) is 0 Å². The molecule has 96 valence electrons. The van der Waals surface area contributed by atoms with Crippen LogP contribution >= 0.6 is 15.9 Å². The van der Waals surface area contributed by atoms with Crippen LogP contribution < -0.4 is 5.32 Å². The number of hydrogen-bond donors (Lipinski definition) is 1. The molecule has 1 N–H and O–H groups in total. The minimum atomic E-state index is 0.436. The Morgan fingerprint density at radius 2 is 2.22 bits per heavy atom. The number of nitrogens with zero attached hydrogens (tertiary/aromatic N) is 4. The van der Waals surface area contributed by atoms with Crippen molar-refractivity contribution in [1.82, 2.24) is 25.1 Å². The van der Waals surface area contributed by atoms with Gasteiger partial charge in [-0.05, 0) is 27.6 Å². The minimum absolute atomic E-state index is 0.436. The van der Waals surface area contributed by atoms with Crippen LogP contribution in [0.3, 0.4) is 0 Å². The summed E-state index contributed by atoms with van der Waals surface area (Å²) in [7, 11) is 0. The summed E-state index contributed by atoms with van der Waals surface area (Å²) >= 11 is 3.40. The van der Waals surface area contributed by atoms with Gasteiger partial charge in [-0.25, -0.2) is 9.67 Å². The molecule has 0 bridgehead atoms. The third-order valence-electron chi connectivity index (χ3n) is 2.36. The van der Waals surface area contributed by atoms with Gasteiger partial charge in [-0.15, -0.1) is 0 Å². The van der Waals surface area contributed by atoms with Crippen LogP contribution in [-0.4, -0.2) is 25.8 Å². The van der Waals surface area contributed by atoms with Gasteiger partial charge in [0.15, 0.2) is 5.82 Å². The summed E-state index contributed by atoms with van der Waals surface area (Å²) in [5.74, 6) is 0.812. The second kappa shape index (κ2) is 6.06. The first-order valence-electron chi connectivity index (χ1n) is 5.84. The molecule has 2 aromatic rings. The first kappa shape index (κ1) is 13.2. The van der Waals surface area contributed by atoms with Crippen molar-refractivity contribution >= 4 is 15.9 Å². The normalized spacial score (nSPS) is 11.1. The molecule has 2 rings (SSSR count). The second-order valence-electron chi connectivity index (χ2n) is 4.41. The van der Waals surface area contributed by atoms with Crippen LogP contribution in [0.15, 0.2) is 29.3 Å². The highest BCUT2D eigenvalue weighted by Crippen LogP contribution is 2.10. The molecule has 0 amide bonds. The van der Waals surface area contributed by atoms with E-state index in [2.05, 4.69) is 50.2 Å². The third kappa shape index (κ3) is 3.89. The molecular formula is C12H16BrN5. The van der Waals surface area contributed by atoms with Crippen molar-refractivity contribution in [2.45, 2.75) is 33.0 Å². The van der Waals surface area contributed by atoms with Gasteiger partial charge in [0.25, 0.3) is 0 Å². The Morgan fingerprint density at radius 3 is 2.94 bits per heavy atom. The van der Waals surface area contributed by atoms with E-state index < -0.39 is 0 Å². The van der Waals surface area contributed by atoms with Crippen LogP contribution in [0.4, 0.5) is 0 Å². The number of hydrogen-bond acceptors (Lipinski definition) is 4. The zero-order valence-electron chi connectivity index (χ0n) is 10.5. The molecule has 18 heavy (non-hydrogen) atoms. The predicted molar refractivity (Wildman–Crippen MR) is 73.0 cm³/mol. The molecule has 6 heteroatoms. The van der Waals surface area contributed by atoms with Gasteiger partial charge in [-0.2, -0.15) is 5.10 Å². The van der Waals surface area contributed by atoms with E-state index in [1.54, 1.807) is 12.5 Å². The summed E-state index contributed by atoms with van der Waals surface area (Å²) in [5, 5.41) is 7.70. The van der Waals surface area contributed by atoms with Gasteiger partial charge < -0.3 is 5.32 Å². The minimum Gasteiger partial charge on any atom is -0.308 e. The molecule has 2 heterocycles. The summed E-state index contributed by atoms with van der Waals surface area (Å²) in [6, 6.07) is 2.46. The Balaban J connectivity index is 1.98. The zero-order valence-corrected chi connectivity index (χ0v) is 12.1. The number of nitrogens with one attached hydrogen (secondary N) is 1. The molecule has 0 unspecified atom stereocenters. The van der Waals surface area contributed by atoms with Gasteiger partial charge in [-0.1, -0.05) is 13.8 Å².